The first-order valence-electron chi connectivity index (χ1n) is 7.83. The van der Waals surface area contributed by atoms with E-state index in [0.29, 0.717) is 19.5 Å². The lowest BCUT2D eigenvalue weighted by atomic mass is 9.75. The highest BCUT2D eigenvalue weighted by molar-refractivity contribution is 7.07. The van der Waals surface area contributed by atoms with Crippen LogP contribution in [-0.2, 0) is 16.1 Å². The number of piperidine rings is 2. The number of carbonyl (C=O) groups excluding carboxylic acids is 1. The van der Waals surface area contributed by atoms with Gasteiger partial charge >= 0.3 is 0 Å². The van der Waals surface area contributed by atoms with Crippen LogP contribution in [-0.4, -0.2) is 66.3 Å². The molecule has 5 nitrogen and oxygen atoms in total. The van der Waals surface area contributed by atoms with Gasteiger partial charge in [-0.25, -0.2) is 0 Å². The molecule has 0 radical (unpaired) electrons. The number of rotatable bonds is 4. The number of fused-ring (bicyclic) bond motifs is 1. The summed E-state index contributed by atoms with van der Waals surface area (Å²) in [4.78, 5) is 16.3. The second-order valence-corrected chi connectivity index (χ2v) is 7.22. The minimum atomic E-state index is -0.602. The Morgan fingerprint density at radius 1 is 1.45 bits per heavy atom. The van der Waals surface area contributed by atoms with Crippen molar-refractivity contribution in [3.05, 3.63) is 22.4 Å². The summed E-state index contributed by atoms with van der Waals surface area (Å²) in [6.07, 6.45) is 1.48. The molecule has 0 aromatic carbocycles. The average Bonchev–Trinajstić information content (AvgIpc) is 3.00. The van der Waals surface area contributed by atoms with Crippen LogP contribution in [0.15, 0.2) is 16.8 Å². The lowest BCUT2D eigenvalue weighted by Gasteiger charge is -2.50. The molecule has 2 atom stereocenters. The predicted molar refractivity (Wildman–Crippen MR) is 85.7 cm³/mol. The number of nitrogens with zero attached hydrogens (tertiary/aromatic N) is 2. The minimum Gasteiger partial charge on any atom is -0.389 e. The van der Waals surface area contributed by atoms with Gasteiger partial charge in [0.1, 0.15) is 6.61 Å². The zero-order valence-electron chi connectivity index (χ0n) is 13.0. The van der Waals surface area contributed by atoms with Gasteiger partial charge < -0.3 is 14.7 Å². The molecule has 1 N–H and O–H groups in total. The maximum absolute atomic E-state index is 12.0. The van der Waals surface area contributed by atoms with Crippen LogP contribution < -0.4 is 0 Å². The summed E-state index contributed by atoms with van der Waals surface area (Å²) in [6.45, 7) is 4.11. The van der Waals surface area contributed by atoms with E-state index in [1.165, 1.54) is 5.56 Å². The Labute approximate surface area is 135 Å². The maximum Gasteiger partial charge on any atom is 0.248 e. The summed E-state index contributed by atoms with van der Waals surface area (Å²) < 4.78 is 4.95. The monoisotopic (exact) mass is 324 g/mol. The number of likely N-dealkylation sites (tertiary alicyclic amines) is 2. The molecule has 22 heavy (non-hydrogen) atoms. The summed E-state index contributed by atoms with van der Waals surface area (Å²) in [7, 11) is 1.54. The molecule has 2 fully saturated rings. The molecule has 0 spiro atoms. The molecule has 3 heterocycles. The van der Waals surface area contributed by atoms with Crippen LogP contribution in [0, 0.1) is 5.92 Å². The molecule has 3 rings (SSSR count). The fourth-order valence-electron chi connectivity index (χ4n) is 3.60. The molecule has 0 aliphatic carbocycles. The molecule has 1 amide bonds. The van der Waals surface area contributed by atoms with E-state index in [1.54, 1.807) is 18.4 Å². The van der Waals surface area contributed by atoms with Crippen LogP contribution in [0.25, 0.3) is 0 Å². The number of ether oxygens (including phenoxy) is 1. The Bertz CT molecular complexity index is 507. The predicted octanol–water partition coefficient (Wildman–Crippen LogP) is 1.18. The van der Waals surface area contributed by atoms with Gasteiger partial charge in [0.2, 0.25) is 5.91 Å². The van der Waals surface area contributed by atoms with Crippen LogP contribution in [0.5, 0.6) is 0 Å². The summed E-state index contributed by atoms with van der Waals surface area (Å²) in [5.41, 5.74) is 0.730. The molecular formula is C16H24N2O3S. The maximum atomic E-state index is 12.0. The normalized spacial score (nSPS) is 29.4. The molecule has 0 bridgehead atoms. The van der Waals surface area contributed by atoms with Crippen molar-refractivity contribution in [3.8, 4) is 0 Å². The molecule has 122 valence electrons. The fourth-order valence-corrected chi connectivity index (χ4v) is 4.26. The number of hydrogen-bond donors (Lipinski definition) is 1. The van der Waals surface area contributed by atoms with Crippen molar-refractivity contribution in [3.63, 3.8) is 0 Å². The first-order valence-corrected chi connectivity index (χ1v) is 8.77. The minimum absolute atomic E-state index is 0.0273. The largest absolute Gasteiger partial charge is 0.389 e. The highest BCUT2D eigenvalue weighted by Gasteiger charge is 2.45. The van der Waals surface area contributed by atoms with Crippen molar-refractivity contribution in [2.75, 3.05) is 39.9 Å². The van der Waals surface area contributed by atoms with Crippen molar-refractivity contribution in [1.82, 2.24) is 9.80 Å². The lowest BCUT2D eigenvalue weighted by molar-refractivity contribution is -0.150. The third-order valence-corrected chi connectivity index (χ3v) is 5.69. The van der Waals surface area contributed by atoms with Crippen molar-refractivity contribution in [1.29, 1.82) is 0 Å². The zero-order valence-corrected chi connectivity index (χ0v) is 13.8. The smallest absolute Gasteiger partial charge is 0.248 e. The van der Waals surface area contributed by atoms with E-state index < -0.39 is 5.60 Å². The molecule has 1 aromatic rings. The second kappa shape index (κ2) is 6.66. The molecule has 1 aromatic heterocycles. The molecule has 2 aliphatic rings. The number of thiophene rings is 1. The summed E-state index contributed by atoms with van der Waals surface area (Å²) >= 11 is 1.72. The molecule has 0 saturated carbocycles. The third-order valence-electron chi connectivity index (χ3n) is 4.96. The zero-order chi connectivity index (χ0) is 15.6. The number of methoxy groups -OCH3 is 1. The second-order valence-electron chi connectivity index (χ2n) is 6.44. The quantitative estimate of drug-likeness (QED) is 0.904. The van der Waals surface area contributed by atoms with Crippen molar-refractivity contribution in [2.45, 2.75) is 25.0 Å². The van der Waals surface area contributed by atoms with E-state index in [1.807, 2.05) is 4.90 Å². The van der Waals surface area contributed by atoms with E-state index in [0.717, 1.165) is 26.1 Å². The van der Waals surface area contributed by atoms with E-state index in [4.69, 9.17) is 4.74 Å². The summed E-state index contributed by atoms with van der Waals surface area (Å²) in [5, 5.41) is 15.1. The van der Waals surface area contributed by atoms with Gasteiger partial charge in [-0.3, -0.25) is 9.69 Å². The van der Waals surface area contributed by atoms with E-state index in [-0.39, 0.29) is 18.4 Å². The highest BCUT2D eigenvalue weighted by Crippen LogP contribution is 2.36. The summed E-state index contributed by atoms with van der Waals surface area (Å²) in [5.74, 6) is 0.161. The van der Waals surface area contributed by atoms with Crippen LogP contribution in [0.3, 0.4) is 0 Å². The van der Waals surface area contributed by atoms with Gasteiger partial charge in [0, 0.05) is 45.8 Å². The first kappa shape index (κ1) is 15.9. The van der Waals surface area contributed by atoms with Gasteiger partial charge in [0.05, 0.1) is 5.60 Å². The van der Waals surface area contributed by atoms with Crippen molar-refractivity contribution in [2.24, 2.45) is 5.92 Å². The van der Waals surface area contributed by atoms with Gasteiger partial charge in [-0.2, -0.15) is 11.3 Å². The van der Waals surface area contributed by atoms with Gasteiger partial charge in [-0.1, -0.05) is 0 Å². The topological polar surface area (TPSA) is 53.0 Å². The average molecular weight is 324 g/mol. The molecule has 2 aliphatic heterocycles. The Morgan fingerprint density at radius 2 is 2.27 bits per heavy atom. The van der Waals surface area contributed by atoms with Crippen LogP contribution in [0.4, 0.5) is 0 Å². The molecular weight excluding hydrogens is 300 g/mol. The highest BCUT2D eigenvalue weighted by atomic mass is 32.1. The Kier molecular flexibility index (Phi) is 4.82. The Morgan fingerprint density at radius 3 is 3.00 bits per heavy atom. The fraction of sp³-hybridized carbons (Fsp3) is 0.688. The summed E-state index contributed by atoms with van der Waals surface area (Å²) in [6, 6.07) is 2.15. The Balaban J connectivity index is 1.62. The number of carbonyl (C=O) groups is 1. The van der Waals surface area contributed by atoms with E-state index >= 15 is 0 Å². The lowest BCUT2D eigenvalue weighted by Crippen LogP contribution is -2.60. The third kappa shape index (κ3) is 3.35. The van der Waals surface area contributed by atoms with Gasteiger partial charge in [-0.05, 0) is 35.2 Å². The van der Waals surface area contributed by atoms with Crippen LogP contribution in [0.1, 0.15) is 18.4 Å². The number of hydrogen-bond acceptors (Lipinski definition) is 5. The van der Waals surface area contributed by atoms with Crippen LogP contribution in [0.2, 0.25) is 0 Å². The van der Waals surface area contributed by atoms with Crippen molar-refractivity contribution >= 4 is 17.2 Å². The molecule has 2 saturated heterocycles. The number of aliphatic hydroxyl groups is 1. The number of amides is 1. The molecule has 0 unspecified atom stereocenters. The first-order chi connectivity index (χ1) is 10.6. The van der Waals surface area contributed by atoms with Gasteiger partial charge in [0.25, 0.3) is 0 Å². The van der Waals surface area contributed by atoms with Crippen LogP contribution >= 0.6 is 11.3 Å². The standard InChI is InChI=1S/C16H24N2O3S/c1-21-11-15(19)18-6-4-16(20)3-5-17(9-14(16)10-18)8-13-2-7-22-12-13/h2,7,12,14,20H,3-6,8-11H2,1H3/t14-,16-/m1/s1. The molecule has 6 heteroatoms. The van der Waals surface area contributed by atoms with Crippen molar-refractivity contribution < 1.29 is 14.6 Å². The van der Waals surface area contributed by atoms with Gasteiger partial charge in [-0.15, -0.1) is 0 Å². The van der Waals surface area contributed by atoms with E-state index in [2.05, 4.69) is 21.7 Å². The van der Waals surface area contributed by atoms with Gasteiger partial charge in [0.15, 0.2) is 0 Å². The van der Waals surface area contributed by atoms with E-state index in [9.17, 15) is 9.90 Å². The SMILES string of the molecule is COCC(=O)N1CC[C@]2(O)CCN(Cc3ccsc3)C[C@@H]2C1. The Hall–Kier alpha value is -0.950.